The Morgan fingerprint density at radius 2 is 2.17 bits per heavy atom. The van der Waals surface area contributed by atoms with Crippen molar-refractivity contribution in [3.05, 3.63) is 59.6 Å². The third-order valence-corrected chi connectivity index (χ3v) is 5.04. The highest BCUT2D eigenvalue weighted by atomic mass is 79.9. The van der Waals surface area contributed by atoms with Crippen LogP contribution in [0.5, 0.6) is 5.75 Å². The number of carbonyl (C=O) groups excluding carboxylic acids is 1. The minimum absolute atomic E-state index is 0.113. The third kappa shape index (κ3) is 4.42. The van der Waals surface area contributed by atoms with Gasteiger partial charge < -0.3 is 20.1 Å². The van der Waals surface area contributed by atoms with E-state index in [1.807, 2.05) is 0 Å². The first-order valence-electron chi connectivity index (χ1n) is 9.22. The van der Waals surface area contributed by atoms with Crippen molar-refractivity contribution in [1.29, 1.82) is 0 Å². The SMILES string of the molecule is C=CC(=O)Nc1cc2c(Nc3ccc(Br)cc3F)ncnc2cc1OC1CCOC1. The van der Waals surface area contributed by atoms with E-state index in [9.17, 15) is 9.18 Å². The fourth-order valence-electron chi connectivity index (χ4n) is 3.07. The summed E-state index contributed by atoms with van der Waals surface area (Å²) in [4.78, 5) is 20.5. The lowest BCUT2D eigenvalue weighted by Crippen LogP contribution is -2.18. The van der Waals surface area contributed by atoms with Gasteiger partial charge in [0.1, 0.15) is 29.8 Å². The summed E-state index contributed by atoms with van der Waals surface area (Å²) in [5, 5.41) is 6.33. The first-order valence-corrected chi connectivity index (χ1v) is 10.0. The minimum Gasteiger partial charge on any atom is -0.486 e. The fourth-order valence-corrected chi connectivity index (χ4v) is 3.40. The van der Waals surface area contributed by atoms with E-state index in [1.165, 1.54) is 18.5 Å². The van der Waals surface area contributed by atoms with Crippen LogP contribution in [-0.4, -0.2) is 35.2 Å². The fraction of sp³-hybridized carbons (Fsp3) is 0.190. The molecule has 0 bridgehead atoms. The third-order valence-electron chi connectivity index (χ3n) is 4.55. The average molecular weight is 473 g/mol. The molecule has 0 saturated carbocycles. The summed E-state index contributed by atoms with van der Waals surface area (Å²) in [6.45, 7) is 4.59. The molecule has 1 aliphatic rings. The molecule has 1 unspecified atom stereocenters. The predicted octanol–water partition coefficient (Wildman–Crippen LogP) is 4.57. The lowest BCUT2D eigenvalue weighted by Gasteiger charge is -2.17. The van der Waals surface area contributed by atoms with Crippen molar-refractivity contribution in [2.24, 2.45) is 0 Å². The quantitative estimate of drug-likeness (QED) is 0.511. The van der Waals surface area contributed by atoms with Gasteiger partial charge in [0, 0.05) is 22.3 Å². The van der Waals surface area contributed by atoms with Gasteiger partial charge in [-0.1, -0.05) is 22.5 Å². The van der Waals surface area contributed by atoms with E-state index in [1.54, 1.807) is 24.3 Å². The number of hydrogen-bond acceptors (Lipinski definition) is 6. The number of ether oxygens (including phenoxy) is 2. The van der Waals surface area contributed by atoms with Crippen molar-refractivity contribution in [3.8, 4) is 5.75 Å². The first kappa shape index (κ1) is 20.2. The molecule has 4 rings (SSSR count). The number of aromatic nitrogens is 2. The van der Waals surface area contributed by atoms with Crippen LogP contribution in [0, 0.1) is 5.82 Å². The van der Waals surface area contributed by atoms with Crippen LogP contribution in [0.2, 0.25) is 0 Å². The van der Waals surface area contributed by atoms with Crippen LogP contribution in [-0.2, 0) is 9.53 Å². The lowest BCUT2D eigenvalue weighted by molar-refractivity contribution is -0.111. The van der Waals surface area contributed by atoms with Crippen molar-refractivity contribution < 1.29 is 18.7 Å². The molecular formula is C21H18BrFN4O3. The highest BCUT2D eigenvalue weighted by Gasteiger charge is 2.20. The molecule has 2 aromatic carbocycles. The molecular weight excluding hydrogens is 455 g/mol. The van der Waals surface area contributed by atoms with Gasteiger partial charge in [-0.15, -0.1) is 0 Å². The summed E-state index contributed by atoms with van der Waals surface area (Å²) in [6, 6.07) is 8.10. The molecule has 0 aliphatic carbocycles. The lowest BCUT2D eigenvalue weighted by atomic mass is 10.1. The summed E-state index contributed by atoms with van der Waals surface area (Å²) in [5.74, 6) is 0.0449. The van der Waals surface area contributed by atoms with Crippen molar-refractivity contribution in [1.82, 2.24) is 9.97 Å². The zero-order valence-electron chi connectivity index (χ0n) is 15.8. The number of nitrogens with one attached hydrogen (secondary N) is 2. The summed E-state index contributed by atoms with van der Waals surface area (Å²) >= 11 is 3.24. The monoisotopic (exact) mass is 472 g/mol. The summed E-state index contributed by atoms with van der Waals surface area (Å²) in [7, 11) is 0. The molecule has 30 heavy (non-hydrogen) atoms. The normalized spacial score (nSPS) is 15.7. The van der Waals surface area contributed by atoms with Gasteiger partial charge in [-0.3, -0.25) is 4.79 Å². The second-order valence-electron chi connectivity index (χ2n) is 6.63. The van der Waals surface area contributed by atoms with Gasteiger partial charge in [0.2, 0.25) is 5.91 Å². The summed E-state index contributed by atoms with van der Waals surface area (Å²) < 4.78 is 26.3. The average Bonchev–Trinajstić information content (AvgIpc) is 3.24. The number of rotatable bonds is 6. The minimum atomic E-state index is -0.433. The van der Waals surface area contributed by atoms with Crippen LogP contribution in [0.3, 0.4) is 0 Å². The Morgan fingerprint density at radius 3 is 2.90 bits per heavy atom. The van der Waals surface area contributed by atoms with Crippen LogP contribution in [0.1, 0.15) is 6.42 Å². The molecule has 1 saturated heterocycles. The summed E-state index contributed by atoms with van der Waals surface area (Å²) in [6.07, 6.45) is 3.20. The second-order valence-corrected chi connectivity index (χ2v) is 7.55. The van der Waals surface area contributed by atoms with Crippen LogP contribution >= 0.6 is 15.9 Å². The molecule has 9 heteroatoms. The van der Waals surface area contributed by atoms with Gasteiger partial charge in [0.15, 0.2) is 0 Å². The Kier molecular flexibility index (Phi) is 5.91. The number of carbonyl (C=O) groups is 1. The molecule has 7 nitrogen and oxygen atoms in total. The number of anilines is 3. The van der Waals surface area contributed by atoms with Crippen LogP contribution < -0.4 is 15.4 Å². The maximum atomic E-state index is 14.3. The highest BCUT2D eigenvalue weighted by molar-refractivity contribution is 9.10. The zero-order valence-corrected chi connectivity index (χ0v) is 17.4. The van der Waals surface area contributed by atoms with E-state index in [0.717, 1.165) is 6.42 Å². The van der Waals surface area contributed by atoms with E-state index in [2.05, 4.69) is 43.1 Å². The number of benzene rings is 2. The molecule has 3 aromatic rings. The first-order chi connectivity index (χ1) is 14.5. The number of amides is 1. The second kappa shape index (κ2) is 8.76. The van der Waals surface area contributed by atoms with Crippen LogP contribution in [0.15, 0.2) is 53.8 Å². The number of nitrogens with zero attached hydrogens (tertiary/aromatic N) is 2. The number of hydrogen-bond donors (Lipinski definition) is 2. The molecule has 0 radical (unpaired) electrons. The van der Waals surface area contributed by atoms with Crippen molar-refractivity contribution in [2.45, 2.75) is 12.5 Å². The van der Waals surface area contributed by atoms with Gasteiger partial charge in [0.05, 0.1) is 30.1 Å². The Balaban J connectivity index is 1.75. The molecule has 1 aromatic heterocycles. The standard InChI is InChI=1S/C21H18BrFN4O3/c1-2-20(28)26-18-8-14-17(9-19(18)30-13-5-6-29-10-13)24-11-25-21(14)27-16-4-3-12(22)7-15(16)23/h2-4,7-9,11,13H,1,5-6,10H2,(H,26,28)(H,24,25,27). The van der Waals surface area contributed by atoms with Crippen LogP contribution in [0.25, 0.3) is 10.9 Å². The highest BCUT2D eigenvalue weighted by Crippen LogP contribution is 2.35. The molecule has 0 spiro atoms. The van der Waals surface area contributed by atoms with E-state index in [0.29, 0.717) is 45.8 Å². The molecule has 2 N–H and O–H groups in total. The number of fused-ring (bicyclic) bond motifs is 1. The maximum Gasteiger partial charge on any atom is 0.247 e. The van der Waals surface area contributed by atoms with Gasteiger partial charge in [-0.05, 0) is 30.3 Å². The number of halogens is 2. The van der Waals surface area contributed by atoms with Crippen LogP contribution in [0.4, 0.5) is 21.6 Å². The molecule has 154 valence electrons. The molecule has 1 atom stereocenters. The van der Waals surface area contributed by atoms with Gasteiger partial charge >= 0.3 is 0 Å². The maximum absolute atomic E-state index is 14.3. The van der Waals surface area contributed by atoms with Gasteiger partial charge in [-0.25, -0.2) is 14.4 Å². The predicted molar refractivity (Wildman–Crippen MR) is 116 cm³/mol. The van der Waals surface area contributed by atoms with Gasteiger partial charge in [-0.2, -0.15) is 0 Å². The van der Waals surface area contributed by atoms with Crippen molar-refractivity contribution >= 4 is 49.9 Å². The van der Waals surface area contributed by atoms with E-state index >= 15 is 0 Å². The Morgan fingerprint density at radius 1 is 1.30 bits per heavy atom. The smallest absolute Gasteiger partial charge is 0.247 e. The Labute approximate surface area is 180 Å². The van der Waals surface area contributed by atoms with Crippen molar-refractivity contribution in [3.63, 3.8) is 0 Å². The molecule has 1 amide bonds. The Hall–Kier alpha value is -3.04. The van der Waals surface area contributed by atoms with E-state index < -0.39 is 5.82 Å². The molecule has 2 heterocycles. The topological polar surface area (TPSA) is 85.4 Å². The Bertz CT molecular complexity index is 1120. The van der Waals surface area contributed by atoms with Gasteiger partial charge in [0.25, 0.3) is 0 Å². The summed E-state index contributed by atoms with van der Waals surface area (Å²) in [5.41, 5.74) is 1.28. The molecule has 1 aliphatic heterocycles. The van der Waals surface area contributed by atoms with E-state index in [4.69, 9.17) is 9.47 Å². The largest absolute Gasteiger partial charge is 0.486 e. The van der Waals surface area contributed by atoms with E-state index in [-0.39, 0.29) is 17.7 Å². The molecule has 1 fully saturated rings. The van der Waals surface area contributed by atoms with Crippen molar-refractivity contribution in [2.75, 3.05) is 23.8 Å². The zero-order chi connectivity index (χ0) is 21.1.